The molecular weight excluding hydrogens is 264 g/mol. The second kappa shape index (κ2) is 11.0. The molecule has 1 aliphatic heterocycles. The van der Waals surface area contributed by atoms with Crippen LogP contribution < -0.4 is 5.32 Å². The molecule has 1 heterocycles. The van der Waals surface area contributed by atoms with Crippen LogP contribution in [0.25, 0.3) is 0 Å². The lowest BCUT2D eigenvalue weighted by atomic mass is 9.92. The van der Waals surface area contributed by atoms with Gasteiger partial charge in [-0.3, -0.25) is 4.79 Å². The zero-order valence-corrected chi connectivity index (χ0v) is 14.2. The molecule has 1 fully saturated rings. The van der Waals surface area contributed by atoms with E-state index in [1.807, 2.05) is 0 Å². The molecule has 1 aliphatic rings. The van der Waals surface area contributed by atoms with E-state index in [9.17, 15) is 4.79 Å². The van der Waals surface area contributed by atoms with Crippen LogP contribution in [0.5, 0.6) is 0 Å². The molecule has 0 aromatic rings. The molecule has 1 N–H and O–H groups in total. The topological polar surface area (TPSA) is 41.6 Å². The van der Waals surface area contributed by atoms with Crippen molar-refractivity contribution in [3.8, 4) is 0 Å². The smallest absolute Gasteiger partial charge is 0.219 e. The van der Waals surface area contributed by atoms with E-state index in [0.29, 0.717) is 6.42 Å². The van der Waals surface area contributed by atoms with Crippen LogP contribution in [0.15, 0.2) is 0 Å². The van der Waals surface area contributed by atoms with Gasteiger partial charge in [-0.25, -0.2) is 0 Å². The summed E-state index contributed by atoms with van der Waals surface area (Å²) < 4.78 is 4.97. The Morgan fingerprint density at radius 1 is 1.14 bits per heavy atom. The summed E-state index contributed by atoms with van der Waals surface area (Å²) in [5, 5.41) is 3.02. The Hall–Kier alpha value is -0.610. The van der Waals surface area contributed by atoms with Crippen LogP contribution in [0.1, 0.15) is 52.4 Å². The van der Waals surface area contributed by atoms with Gasteiger partial charge in [-0.15, -0.1) is 0 Å². The zero-order valence-electron chi connectivity index (χ0n) is 14.2. The average Bonchev–Trinajstić information content (AvgIpc) is 2.42. The summed E-state index contributed by atoms with van der Waals surface area (Å²) >= 11 is 0. The molecular formula is C17H34N2O2. The number of hydrogen-bond acceptors (Lipinski definition) is 3. The number of carbonyl (C=O) groups excluding carboxylic acids is 1. The lowest BCUT2D eigenvalue weighted by Gasteiger charge is -2.34. The third kappa shape index (κ3) is 9.10. The van der Waals surface area contributed by atoms with Crippen LogP contribution in [0.3, 0.4) is 0 Å². The van der Waals surface area contributed by atoms with Crippen molar-refractivity contribution in [2.45, 2.75) is 52.4 Å². The van der Waals surface area contributed by atoms with Gasteiger partial charge in [0.25, 0.3) is 0 Å². The highest BCUT2D eigenvalue weighted by molar-refractivity contribution is 5.75. The van der Waals surface area contributed by atoms with Gasteiger partial charge in [-0.2, -0.15) is 0 Å². The molecule has 1 rings (SSSR count). The van der Waals surface area contributed by atoms with E-state index in [1.165, 1.54) is 32.5 Å². The highest BCUT2D eigenvalue weighted by Crippen LogP contribution is 2.20. The first-order chi connectivity index (χ1) is 10.1. The van der Waals surface area contributed by atoms with Gasteiger partial charge >= 0.3 is 0 Å². The van der Waals surface area contributed by atoms with E-state index in [2.05, 4.69) is 24.1 Å². The largest absolute Gasteiger partial charge is 0.385 e. The molecule has 0 aliphatic carbocycles. The molecule has 0 unspecified atom stereocenters. The maximum atomic E-state index is 11.6. The Labute approximate surface area is 130 Å². The monoisotopic (exact) mass is 298 g/mol. The summed E-state index contributed by atoms with van der Waals surface area (Å²) in [6.07, 6.45) is 6.16. The summed E-state index contributed by atoms with van der Waals surface area (Å²) in [6.45, 7) is 9.95. The van der Waals surface area contributed by atoms with Crippen LogP contribution in [0.4, 0.5) is 0 Å². The molecule has 0 spiro atoms. The number of methoxy groups -OCH3 is 1. The maximum absolute atomic E-state index is 11.6. The van der Waals surface area contributed by atoms with Crippen molar-refractivity contribution in [2.24, 2.45) is 11.8 Å². The van der Waals surface area contributed by atoms with Crippen molar-refractivity contribution in [1.29, 1.82) is 0 Å². The first-order valence-corrected chi connectivity index (χ1v) is 8.59. The van der Waals surface area contributed by atoms with E-state index in [4.69, 9.17) is 4.74 Å². The maximum Gasteiger partial charge on any atom is 0.219 e. The molecule has 1 amide bonds. The second-order valence-electron chi connectivity index (χ2n) is 6.71. The quantitative estimate of drug-likeness (QED) is 0.631. The molecule has 4 heteroatoms. The number of ether oxygens (including phenoxy) is 1. The van der Waals surface area contributed by atoms with Crippen LogP contribution in [-0.2, 0) is 9.53 Å². The predicted octanol–water partition coefficient (Wildman–Crippen LogP) is 2.68. The van der Waals surface area contributed by atoms with Crippen molar-refractivity contribution < 1.29 is 9.53 Å². The highest BCUT2D eigenvalue weighted by Gasteiger charge is 2.20. The highest BCUT2D eigenvalue weighted by atomic mass is 16.5. The molecule has 4 nitrogen and oxygen atoms in total. The Morgan fingerprint density at radius 3 is 2.52 bits per heavy atom. The summed E-state index contributed by atoms with van der Waals surface area (Å²) in [5.74, 6) is 1.85. The predicted molar refractivity (Wildman–Crippen MR) is 87.4 cm³/mol. The SMILES string of the molecule is COCCCCC(=O)NCCCCN1C[C@@H](C)C[C@H](C)C1. The number of carbonyl (C=O) groups is 1. The van der Waals surface area contributed by atoms with Crippen molar-refractivity contribution in [3.05, 3.63) is 0 Å². The normalized spacial score (nSPS) is 23.2. The van der Waals surface area contributed by atoms with Gasteiger partial charge in [-0.05, 0) is 50.5 Å². The van der Waals surface area contributed by atoms with Crippen molar-refractivity contribution >= 4 is 5.91 Å². The average molecular weight is 298 g/mol. The van der Waals surface area contributed by atoms with Crippen LogP contribution >= 0.6 is 0 Å². The Bertz CT molecular complexity index is 274. The first-order valence-electron chi connectivity index (χ1n) is 8.59. The number of likely N-dealkylation sites (tertiary alicyclic amines) is 1. The van der Waals surface area contributed by atoms with Crippen molar-refractivity contribution in [3.63, 3.8) is 0 Å². The van der Waals surface area contributed by atoms with Gasteiger partial charge in [0.05, 0.1) is 0 Å². The molecule has 21 heavy (non-hydrogen) atoms. The van der Waals surface area contributed by atoms with E-state index >= 15 is 0 Å². The minimum Gasteiger partial charge on any atom is -0.385 e. The number of amides is 1. The van der Waals surface area contributed by atoms with Crippen molar-refractivity contribution in [2.75, 3.05) is 39.9 Å². The van der Waals surface area contributed by atoms with E-state index in [1.54, 1.807) is 7.11 Å². The van der Waals surface area contributed by atoms with Gasteiger partial charge in [0.2, 0.25) is 5.91 Å². The fraction of sp³-hybridized carbons (Fsp3) is 0.941. The lowest BCUT2D eigenvalue weighted by molar-refractivity contribution is -0.121. The molecule has 124 valence electrons. The van der Waals surface area contributed by atoms with Gasteiger partial charge in [-0.1, -0.05) is 13.8 Å². The molecule has 0 aromatic carbocycles. The van der Waals surface area contributed by atoms with Crippen LogP contribution in [0.2, 0.25) is 0 Å². The fourth-order valence-electron chi connectivity index (χ4n) is 3.28. The summed E-state index contributed by atoms with van der Waals surface area (Å²) in [7, 11) is 1.70. The third-order valence-electron chi connectivity index (χ3n) is 4.17. The Kier molecular flexibility index (Phi) is 9.68. The fourth-order valence-corrected chi connectivity index (χ4v) is 3.28. The van der Waals surface area contributed by atoms with E-state index in [0.717, 1.165) is 44.2 Å². The molecule has 0 bridgehead atoms. The van der Waals surface area contributed by atoms with Crippen LogP contribution in [-0.4, -0.2) is 50.7 Å². The number of piperidine rings is 1. The third-order valence-corrected chi connectivity index (χ3v) is 4.17. The molecule has 2 atom stereocenters. The number of rotatable bonds is 10. The summed E-state index contributed by atoms with van der Waals surface area (Å²) in [5.41, 5.74) is 0. The van der Waals surface area contributed by atoms with Crippen LogP contribution in [0, 0.1) is 11.8 Å². The Morgan fingerprint density at radius 2 is 1.86 bits per heavy atom. The molecule has 0 aromatic heterocycles. The molecule has 0 radical (unpaired) electrons. The van der Waals surface area contributed by atoms with Gasteiger partial charge < -0.3 is 15.0 Å². The molecule has 1 saturated heterocycles. The summed E-state index contributed by atoms with van der Waals surface area (Å²) in [4.78, 5) is 14.2. The van der Waals surface area contributed by atoms with E-state index in [-0.39, 0.29) is 5.91 Å². The van der Waals surface area contributed by atoms with Crippen molar-refractivity contribution in [1.82, 2.24) is 10.2 Å². The minimum atomic E-state index is 0.186. The number of nitrogens with zero attached hydrogens (tertiary/aromatic N) is 1. The number of unbranched alkanes of at least 4 members (excludes halogenated alkanes) is 2. The number of nitrogens with one attached hydrogen (secondary N) is 1. The molecule has 0 saturated carbocycles. The van der Waals surface area contributed by atoms with Gasteiger partial charge in [0.15, 0.2) is 0 Å². The van der Waals surface area contributed by atoms with Gasteiger partial charge in [0.1, 0.15) is 0 Å². The summed E-state index contributed by atoms with van der Waals surface area (Å²) in [6, 6.07) is 0. The lowest BCUT2D eigenvalue weighted by Crippen LogP contribution is -2.39. The van der Waals surface area contributed by atoms with Gasteiger partial charge in [0, 0.05) is 39.8 Å². The Balaban J connectivity index is 1.95. The standard InChI is InChI=1S/C17H34N2O2/c1-15-12-16(2)14-19(13-15)10-6-5-9-18-17(20)8-4-7-11-21-3/h15-16H,4-14H2,1-3H3,(H,18,20)/t15-,16-/m0/s1. The second-order valence-corrected chi connectivity index (χ2v) is 6.71. The zero-order chi connectivity index (χ0) is 15.5. The number of hydrogen-bond donors (Lipinski definition) is 1. The first kappa shape index (κ1) is 18.4. The van der Waals surface area contributed by atoms with E-state index < -0.39 is 0 Å². The minimum absolute atomic E-state index is 0.186.